The molecule has 1 aliphatic heterocycles. The molecule has 6 nitrogen and oxygen atoms in total. The highest BCUT2D eigenvalue weighted by Gasteiger charge is 2.65. The van der Waals surface area contributed by atoms with Crippen LogP contribution in [0.4, 0.5) is 4.79 Å². The van der Waals surface area contributed by atoms with Crippen LogP contribution in [0.15, 0.2) is 27.7 Å². The summed E-state index contributed by atoms with van der Waals surface area (Å²) in [7, 11) is 1.76. The standard InChI is InChI=1S/C27H37BrN2O4/c1-7-20-16(2)23(29-24(32)34-25(3,4)5)30-27(22(20)31)21-14-18(28)9-8-17(21)15-26(27)12-10-19(33-6)11-13-26/h8-9,14,16,19-20H,7,10-13,15H2,1-6H3,(H,29,30,32). The summed E-state index contributed by atoms with van der Waals surface area (Å²) in [5, 5.41) is 2.95. The molecule has 34 heavy (non-hydrogen) atoms. The lowest BCUT2D eigenvalue weighted by molar-refractivity contribution is -0.137. The zero-order valence-corrected chi connectivity index (χ0v) is 22.8. The first-order chi connectivity index (χ1) is 16.0. The number of aliphatic imine (C=N–C) groups is 1. The fourth-order valence-corrected chi connectivity index (χ4v) is 6.78. The third-order valence-electron chi connectivity index (χ3n) is 8.07. The number of ether oxygens (including phenoxy) is 2. The van der Waals surface area contributed by atoms with Crippen molar-refractivity contribution < 1.29 is 19.1 Å². The van der Waals surface area contributed by atoms with Gasteiger partial charge in [-0.1, -0.05) is 35.8 Å². The van der Waals surface area contributed by atoms with Crippen LogP contribution < -0.4 is 5.32 Å². The van der Waals surface area contributed by atoms with Crippen LogP contribution in [0.2, 0.25) is 0 Å². The molecule has 1 N–H and O–H groups in total. The molecule has 0 aromatic heterocycles. The summed E-state index contributed by atoms with van der Waals surface area (Å²) in [6.07, 6.45) is 4.70. The molecule has 1 aromatic rings. The maximum Gasteiger partial charge on any atom is 0.413 e. The molecule has 1 amide bonds. The van der Waals surface area contributed by atoms with Crippen molar-refractivity contribution >= 4 is 33.6 Å². The van der Waals surface area contributed by atoms with Gasteiger partial charge in [-0.2, -0.15) is 0 Å². The van der Waals surface area contributed by atoms with E-state index in [1.165, 1.54) is 5.56 Å². The number of rotatable bonds is 2. The smallest absolute Gasteiger partial charge is 0.413 e. The average Bonchev–Trinajstić information content (AvgIpc) is 3.01. The number of benzene rings is 1. The van der Waals surface area contributed by atoms with Gasteiger partial charge in [0.1, 0.15) is 11.4 Å². The van der Waals surface area contributed by atoms with E-state index in [2.05, 4.69) is 40.3 Å². The molecule has 0 radical (unpaired) electrons. The zero-order chi connectivity index (χ0) is 24.9. The van der Waals surface area contributed by atoms with E-state index in [0.717, 1.165) is 42.1 Å². The third-order valence-corrected chi connectivity index (χ3v) is 8.56. The molecule has 0 saturated heterocycles. The Bertz CT molecular complexity index is 1010. The largest absolute Gasteiger partial charge is 0.444 e. The van der Waals surface area contributed by atoms with E-state index in [9.17, 15) is 9.59 Å². The van der Waals surface area contributed by atoms with Crippen molar-refractivity contribution in [2.24, 2.45) is 22.2 Å². The highest BCUT2D eigenvalue weighted by Crippen LogP contribution is 2.62. The molecule has 0 bridgehead atoms. The van der Waals surface area contributed by atoms with Gasteiger partial charge in [0.25, 0.3) is 0 Å². The van der Waals surface area contributed by atoms with Crippen molar-refractivity contribution in [2.45, 2.75) is 90.4 Å². The second kappa shape index (κ2) is 9.05. The number of amides is 1. The lowest BCUT2D eigenvalue weighted by atomic mass is 9.56. The van der Waals surface area contributed by atoms with Crippen LogP contribution in [0.5, 0.6) is 0 Å². The number of fused-ring (bicyclic) bond motifs is 3. The van der Waals surface area contributed by atoms with E-state index in [0.29, 0.717) is 12.3 Å². The van der Waals surface area contributed by atoms with Gasteiger partial charge >= 0.3 is 6.09 Å². The fourth-order valence-electron chi connectivity index (χ4n) is 6.42. The Kier molecular flexibility index (Phi) is 6.75. The van der Waals surface area contributed by atoms with E-state index in [-0.39, 0.29) is 29.1 Å². The minimum absolute atomic E-state index is 0.185. The minimum atomic E-state index is -1.01. The predicted molar refractivity (Wildman–Crippen MR) is 136 cm³/mol. The molecule has 4 rings (SSSR count). The number of halogens is 1. The normalized spacial score (nSPS) is 33.1. The molecular weight excluding hydrogens is 496 g/mol. The van der Waals surface area contributed by atoms with Gasteiger partial charge in [-0.3, -0.25) is 15.1 Å². The highest BCUT2D eigenvalue weighted by atomic mass is 79.9. The Morgan fingerprint density at radius 2 is 1.94 bits per heavy atom. The predicted octanol–water partition coefficient (Wildman–Crippen LogP) is 5.94. The van der Waals surface area contributed by atoms with Gasteiger partial charge < -0.3 is 9.47 Å². The number of methoxy groups -OCH3 is 1. The van der Waals surface area contributed by atoms with E-state index in [1.54, 1.807) is 7.11 Å². The SMILES string of the molecule is CCC1C(=O)C2(N=C(NC(=O)OC(C)(C)C)C1C)c1cc(Br)ccc1CC21CCC(OC)CC1. The molecule has 1 aromatic carbocycles. The van der Waals surface area contributed by atoms with Crippen molar-refractivity contribution in [2.75, 3.05) is 7.11 Å². The summed E-state index contributed by atoms with van der Waals surface area (Å²) in [6.45, 7) is 9.56. The number of hydrogen-bond donors (Lipinski definition) is 1. The van der Waals surface area contributed by atoms with Gasteiger partial charge in [0.2, 0.25) is 0 Å². The van der Waals surface area contributed by atoms with Crippen LogP contribution in [-0.4, -0.2) is 36.5 Å². The second-order valence-electron chi connectivity index (χ2n) is 11.2. The second-order valence-corrected chi connectivity index (χ2v) is 12.1. The van der Waals surface area contributed by atoms with Crippen molar-refractivity contribution in [1.29, 1.82) is 0 Å². The van der Waals surface area contributed by atoms with Crippen LogP contribution in [-0.2, 0) is 26.2 Å². The molecule has 3 atom stereocenters. The van der Waals surface area contributed by atoms with Gasteiger partial charge in [0, 0.05) is 28.8 Å². The van der Waals surface area contributed by atoms with E-state index >= 15 is 0 Å². The Balaban J connectivity index is 1.88. The van der Waals surface area contributed by atoms with Gasteiger partial charge in [-0.05, 0) is 82.6 Å². The third kappa shape index (κ3) is 4.13. The number of amidine groups is 1. The number of alkyl carbamates (subject to hydrolysis) is 1. The number of nitrogens with one attached hydrogen (secondary N) is 1. The summed E-state index contributed by atoms with van der Waals surface area (Å²) < 4.78 is 12.2. The number of Topliss-reactive ketones (excluding diaryl/α,β-unsaturated/α-hetero) is 1. The Morgan fingerprint density at radius 1 is 1.26 bits per heavy atom. The molecule has 3 unspecified atom stereocenters. The highest BCUT2D eigenvalue weighted by molar-refractivity contribution is 9.10. The van der Waals surface area contributed by atoms with Gasteiger partial charge in [0.05, 0.1) is 6.10 Å². The summed E-state index contributed by atoms with van der Waals surface area (Å²) in [4.78, 5) is 32.5. The Morgan fingerprint density at radius 3 is 2.53 bits per heavy atom. The number of ketones is 1. The summed E-state index contributed by atoms with van der Waals surface area (Å²) in [6, 6.07) is 6.24. The van der Waals surface area contributed by atoms with Gasteiger partial charge in [0.15, 0.2) is 11.3 Å². The van der Waals surface area contributed by atoms with Crippen molar-refractivity contribution in [3.8, 4) is 0 Å². The monoisotopic (exact) mass is 532 g/mol. The summed E-state index contributed by atoms with van der Waals surface area (Å²) in [5.74, 6) is 0.315. The first kappa shape index (κ1) is 25.4. The first-order valence-corrected chi connectivity index (χ1v) is 13.2. The average molecular weight is 534 g/mol. The van der Waals surface area contributed by atoms with Crippen molar-refractivity contribution in [1.82, 2.24) is 5.32 Å². The fraction of sp³-hybridized carbons (Fsp3) is 0.667. The molecule has 186 valence electrons. The maximum atomic E-state index is 14.5. The molecule has 3 aliphatic rings. The van der Waals surface area contributed by atoms with Gasteiger partial charge in [-0.15, -0.1) is 0 Å². The molecule has 7 heteroatoms. The molecule has 2 aliphatic carbocycles. The maximum absolute atomic E-state index is 14.5. The molecule has 1 fully saturated rings. The summed E-state index contributed by atoms with van der Waals surface area (Å²) in [5.41, 5.74) is 0.206. The molecular formula is C27H37BrN2O4. The minimum Gasteiger partial charge on any atom is -0.444 e. The van der Waals surface area contributed by atoms with Crippen molar-refractivity contribution in [3.63, 3.8) is 0 Å². The van der Waals surface area contributed by atoms with Crippen LogP contribution in [0.3, 0.4) is 0 Å². The van der Waals surface area contributed by atoms with Gasteiger partial charge in [-0.25, -0.2) is 4.79 Å². The molecule has 2 spiro atoms. The van der Waals surface area contributed by atoms with E-state index < -0.39 is 17.2 Å². The molecule has 1 heterocycles. The van der Waals surface area contributed by atoms with E-state index in [1.807, 2.05) is 33.8 Å². The number of hydrogen-bond acceptors (Lipinski definition) is 5. The molecule has 1 saturated carbocycles. The Labute approximate surface area is 211 Å². The zero-order valence-electron chi connectivity index (χ0n) is 21.2. The lowest BCUT2D eigenvalue weighted by Gasteiger charge is -2.50. The Hall–Kier alpha value is -1.73. The van der Waals surface area contributed by atoms with E-state index in [4.69, 9.17) is 14.5 Å². The number of carbonyl (C=O) groups is 2. The van der Waals surface area contributed by atoms with Crippen LogP contribution in [0.1, 0.15) is 77.8 Å². The number of nitrogens with zero attached hydrogens (tertiary/aromatic N) is 1. The topological polar surface area (TPSA) is 77.0 Å². The number of carbonyl (C=O) groups excluding carboxylic acids is 2. The lowest BCUT2D eigenvalue weighted by Crippen LogP contribution is -2.58. The van der Waals surface area contributed by atoms with Crippen molar-refractivity contribution in [3.05, 3.63) is 33.8 Å². The quantitative estimate of drug-likeness (QED) is 0.510. The van der Waals surface area contributed by atoms with Crippen LogP contribution in [0, 0.1) is 17.3 Å². The first-order valence-electron chi connectivity index (χ1n) is 12.4. The van der Waals surface area contributed by atoms with Crippen LogP contribution >= 0.6 is 15.9 Å². The summed E-state index contributed by atoms with van der Waals surface area (Å²) >= 11 is 3.63. The van der Waals surface area contributed by atoms with Crippen LogP contribution in [0.25, 0.3) is 0 Å².